The van der Waals surface area contributed by atoms with Gasteiger partial charge in [-0.05, 0) is 42.7 Å². The molecule has 1 amide bonds. The molecule has 0 saturated carbocycles. The van der Waals surface area contributed by atoms with Crippen molar-refractivity contribution in [3.63, 3.8) is 0 Å². The molecule has 2 heterocycles. The number of carbonyl (C=O) groups excluding carboxylic acids is 1. The number of hydrogen-bond donors (Lipinski definition) is 1. The van der Waals surface area contributed by atoms with E-state index in [-0.39, 0.29) is 17.8 Å². The quantitative estimate of drug-likeness (QED) is 0.647. The highest BCUT2D eigenvalue weighted by atomic mass is 32.2. The summed E-state index contributed by atoms with van der Waals surface area (Å²) in [6, 6.07) is 11.7. The van der Waals surface area contributed by atoms with Crippen molar-refractivity contribution in [1.29, 1.82) is 0 Å². The summed E-state index contributed by atoms with van der Waals surface area (Å²) in [6.07, 6.45) is 7.42. The van der Waals surface area contributed by atoms with E-state index in [9.17, 15) is 9.18 Å². The molecule has 1 unspecified atom stereocenters. The molecule has 3 aromatic rings. The molecule has 3 rings (SSSR count). The van der Waals surface area contributed by atoms with E-state index in [1.165, 1.54) is 18.2 Å². The third-order valence-electron chi connectivity index (χ3n) is 3.90. The number of hydrogen-bond acceptors (Lipinski definition) is 4. The third kappa shape index (κ3) is 4.29. The average molecular weight is 370 g/mol. The minimum absolute atomic E-state index is 0.280. The predicted molar refractivity (Wildman–Crippen MR) is 102 cm³/mol. The van der Waals surface area contributed by atoms with Crippen LogP contribution in [-0.2, 0) is 4.79 Å². The smallest absolute Gasteiger partial charge is 0.244 e. The van der Waals surface area contributed by atoms with Crippen molar-refractivity contribution in [2.24, 2.45) is 0 Å². The summed E-state index contributed by atoms with van der Waals surface area (Å²) in [5, 5.41) is 11.3. The van der Waals surface area contributed by atoms with Gasteiger partial charge in [-0.25, -0.2) is 4.39 Å². The van der Waals surface area contributed by atoms with Crippen LogP contribution in [0.25, 0.3) is 11.7 Å². The fourth-order valence-electron chi connectivity index (χ4n) is 2.59. The summed E-state index contributed by atoms with van der Waals surface area (Å²) in [5.41, 5.74) is 1.10. The van der Waals surface area contributed by atoms with Gasteiger partial charge in [0.2, 0.25) is 5.91 Å². The Bertz CT molecular complexity index is 925. The van der Waals surface area contributed by atoms with Gasteiger partial charge >= 0.3 is 0 Å². The Balaban J connectivity index is 1.78. The maximum atomic E-state index is 13.7. The van der Waals surface area contributed by atoms with Crippen molar-refractivity contribution in [2.75, 3.05) is 12.0 Å². The Morgan fingerprint density at radius 1 is 1.27 bits per heavy atom. The molecule has 0 spiro atoms. The monoisotopic (exact) mass is 370 g/mol. The Kier molecular flexibility index (Phi) is 6.01. The van der Waals surface area contributed by atoms with Crippen molar-refractivity contribution in [1.82, 2.24) is 19.9 Å². The lowest BCUT2D eigenvalue weighted by Crippen LogP contribution is -2.29. The molecule has 7 heteroatoms. The van der Waals surface area contributed by atoms with Crippen LogP contribution < -0.4 is 5.32 Å². The average Bonchev–Trinajstić information content (AvgIpc) is 3.08. The van der Waals surface area contributed by atoms with Gasteiger partial charge in [-0.3, -0.25) is 9.20 Å². The van der Waals surface area contributed by atoms with Crippen LogP contribution in [0.2, 0.25) is 0 Å². The van der Waals surface area contributed by atoms with E-state index >= 15 is 0 Å². The Morgan fingerprint density at radius 3 is 2.88 bits per heavy atom. The van der Waals surface area contributed by atoms with Crippen molar-refractivity contribution in [3.05, 3.63) is 71.9 Å². The van der Waals surface area contributed by atoms with Crippen molar-refractivity contribution >= 4 is 29.4 Å². The maximum Gasteiger partial charge on any atom is 0.244 e. The van der Waals surface area contributed by atoms with Crippen molar-refractivity contribution in [3.8, 4) is 0 Å². The zero-order chi connectivity index (χ0) is 18.4. The van der Waals surface area contributed by atoms with Crippen LogP contribution in [0.4, 0.5) is 4.39 Å². The van der Waals surface area contributed by atoms with E-state index < -0.39 is 0 Å². The summed E-state index contributed by atoms with van der Waals surface area (Å²) >= 11 is 1.70. The van der Waals surface area contributed by atoms with Crippen LogP contribution in [0, 0.1) is 5.82 Å². The zero-order valence-electron chi connectivity index (χ0n) is 14.3. The van der Waals surface area contributed by atoms with Gasteiger partial charge in [0.15, 0.2) is 11.5 Å². The number of halogens is 1. The molecule has 2 aromatic heterocycles. The fraction of sp³-hybridized carbons (Fsp3) is 0.211. The summed E-state index contributed by atoms with van der Waals surface area (Å²) in [4.78, 5) is 12.3. The molecule has 26 heavy (non-hydrogen) atoms. The van der Waals surface area contributed by atoms with Gasteiger partial charge in [-0.15, -0.1) is 10.2 Å². The second-order valence-electron chi connectivity index (χ2n) is 5.68. The van der Waals surface area contributed by atoms with E-state index in [4.69, 9.17) is 0 Å². The van der Waals surface area contributed by atoms with Gasteiger partial charge in [0.25, 0.3) is 0 Å². The first-order valence-electron chi connectivity index (χ1n) is 8.20. The number of carbonyl (C=O) groups is 1. The molecule has 1 N–H and O–H groups in total. The molecule has 134 valence electrons. The summed E-state index contributed by atoms with van der Waals surface area (Å²) in [5.74, 6) is 0.886. The summed E-state index contributed by atoms with van der Waals surface area (Å²) in [6.45, 7) is 0. The van der Waals surface area contributed by atoms with E-state index in [1.807, 2.05) is 35.1 Å². The Hall–Kier alpha value is -2.67. The first kappa shape index (κ1) is 18.1. The second-order valence-corrected chi connectivity index (χ2v) is 6.67. The molecular weight excluding hydrogens is 351 g/mol. The van der Waals surface area contributed by atoms with E-state index in [0.717, 1.165) is 17.8 Å². The molecule has 0 bridgehead atoms. The number of nitrogens with zero attached hydrogens (tertiary/aromatic N) is 3. The van der Waals surface area contributed by atoms with Gasteiger partial charge in [0, 0.05) is 17.8 Å². The van der Waals surface area contributed by atoms with Gasteiger partial charge in [-0.2, -0.15) is 11.8 Å². The lowest BCUT2D eigenvalue weighted by molar-refractivity contribution is -0.117. The van der Waals surface area contributed by atoms with Crippen LogP contribution in [-0.4, -0.2) is 32.5 Å². The topological polar surface area (TPSA) is 59.3 Å². The lowest BCUT2D eigenvalue weighted by Gasteiger charge is -2.16. The normalized spacial score (nSPS) is 12.5. The van der Waals surface area contributed by atoms with Gasteiger partial charge in [0.1, 0.15) is 5.82 Å². The second kappa shape index (κ2) is 8.62. The first-order chi connectivity index (χ1) is 12.7. The highest BCUT2D eigenvalue weighted by molar-refractivity contribution is 7.98. The summed E-state index contributed by atoms with van der Waals surface area (Å²) < 4.78 is 15.5. The number of rotatable bonds is 7. The Labute approximate surface area is 155 Å². The number of aromatic nitrogens is 3. The fourth-order valence-corrected chi connectivity index (χ4v) is 3.07. The molecule has 5 nitrogen and oxygen atoms in total. The highest BCUT2D eigenvalue weighted by Gasteiger charge is 2.19. The number of nitrogens with one attached hydrogen (secondary N) is 1. The minimum Gasteiger partial charge on any atom is -0.342 e. The molecule has 0 radical (unpaired) electrons. The van der Waals surface area contributed by atoms with Crippen LogP contribution >= 0.6 is 11.8 Å². The SMILES string of the molecule is CSCCC(NC(=O)/C=C\c1ccccc1F)c1nnc2ccccn12. The summed E-state index contributed by atoms with van der Waals surface area (Å²) in [7, 11) is 0. The largest absolute Gasteiger partial charge is 0.342 e. The first-order valence-corrected chi connectivity index (χ1v) is 9.60. The van der Waals surface area contributed by atoms with Crippen LogP contribution in [0.1, 0.15) is 23.9 Å². The van der Waals surface area contributed by atoms with Crippen LogP contribution in [0.15, 0.2) is 54.7 Å². The molecule has 1 atom stereocenters. The number of thioether (sulfide) groups is 1. The molecule has 0 saturated heterocycles. The molecule has 0 aliphatic heterocycles. The molecular formula is C19H19FN4OS. The highest BCUT2D eigenvalue weighted by Crippen LogP contribution is 2.18. The van der Waals surface area contributed by atoms with Crippen molar-refractivity contribution < 1.29 is 9.18 Å². The number of pyridine rings is 1. The van der Waals surface area contributed by atoms with Gasteiger partial charge in [-0.1, -0.05) is 24.3 Å². The molecule has 1 aromatic carbocycles. The van der Waals surface area contributed by atoms with Gasteiger partial charge < -0.3 is 5.32 Å². The van der Waals surface area contributed by atoms with Crippen LogP contribution in [0.3, 0.4) is 0 Å². The number of benzene rings is 1. The minimum atomic E-state index is -0.362. The maximum absolute atomic E-state index is 13.7. The lowest BCUT2D eigenvalue weighted by atomic mass is 10.2. The Morgan fingerprint density at radius 2 is 2.08 bits per heavy atom. The molecule has 0 fully saturated rings. The molecule has 0 aliphatic carbocycles. The third-order valence-corrected chi connectivity index (χ3v) is 4.54. The number of amides is 1. The van der Waals surface area contributed by atoms with E-state index in [1.54, 1.807) is 30.0 Å². The standard InChI is InChI=1S/C19H19FN4OS/c1-26-13-11-16(19-23-22-17-8-4-5-12-24(17)19)21-18(25)10-9-14-6-2-3-7-15(14)20/h2-10,12,16H,11,13H2,1H3,(H,21,25)/b10-9-. The molecule has 0 aliphatic rings. The predicted octanol–water partition coefficient (Wildman–Crippen LogP) is 3.49. The van der Waals surface area contributed by atoms with E-state index in [2.05, 4.69) is 15.5 Å². The van der Waals surface area contributed by atoms with E-state index in [0.29, 0.717) is 11.4 Å². The van der Waals surface area contributed by atoms with Crippen LogP contribution in [0.5, 0.6) is 0 Å². The van der Waals surface area contributed by atoms with Crippen molar-refractivity contribution in [2.45, 2.75) is 12.5 Å². The zero-order valence-corrected chi connectivity index (χ0v) is 15.1. The number of fused-ring (bicyclic) bond motifs is 1. The van der Waals surface area contributed by atoms with Gasteiger partial charge in [0.05, 0.1) is 6.04 Å².